The van der Waals surface area contributed by atoms with Gasteiger partial charge in [-0.3, -0.25) is 4.99 Å². The van der Waals surface area contributed by atoms with Crippen molar-refractivity contribution >= 4 is 5.96 Å². The molecule has 1 aliphatic heterocycles. The molecule has 2 atom stereocenters. The molecular formula is C10H17N3. The van der Waals surface area contributed by atoms with Crippen molar-refractivity contribution in [2.75, 3.05) is 20.1 Å². The molecule has 0 radical (unpaired) electrons. The highest BCUT2D eigenvalue weighted by Gasteiger charge is 2.46. The molecule has 0 saturated heterocycles. The van der Waals surface area contributed by atoms with E-state index in [1.165, 1.54) is 19.3 Å². The van der Waals surface area contributed by atoms with Crippen molar-refractivity contribution in [3.8, 4) is 0 Å². The van der Waals surface area contributed by atoms with Gasteiger partial charge in [0.1, 0.15) is 0 Å². The van der Waals surface area contributed by atoms with Gasteiger partial charge in [0.05, 0.1) is 6.54 Å². The van der Waals surface area contributed by atoms with Crippen molar-refractivity contribution in [3.63, 3.8) is 0 Å². The van der Waals surface area contributed by atoms with Crippen LogP contribution >= 0.6 is 0 Å². The average Bonchev–Trinajstić information content (AvgIpc) is 2.55. The fourth-order valence-electron chi connectivity index (χ4n) is 2.70. The third-order valence-corrected chi connectivity index (χ3v) is 3.64. The van der Waals surface area contributed by atoms with E-state index in [2.05, 4.69) is 22.3 Å². The molecule has 3 heteroatoms. The zero-order valence-corrected chi connectivity index (χ0v) is 8.16. The topological polar surface area (TPSA) is 27.6 Å². The van der Waals surface area contributed by atoms with Crippen LogP contribution in [0.5, 0.6) is 0 Å². The molecule has 1 N–H and O–H groups in total. The summed E-state index contributed by atoms with van der Waals surface area (Å²) < 4.78 is 0. The number of nitrogens with zero attached hydrogens (tertiary/aromatic N) is 2. The van der Waals surface area contributed by atoms with Crippen molar-refractivity contribution in [1.29, 1.82) is 0 Å². The van der Waals surface area contributed by atoms with Gasteiger partial charge in [0.15, 0.2) is 5.96 Å². The van der Waals surface area contributed by atoms with Gasteiger partial charge in [0.25, 0.3) is 0 Å². The highest BCUT2D eigenvalue weighted by molar-refractivity contribution is 5.81. The first-order valence-corrected chi connectivity index (χ1v) is 5.35. The summed E-state index contributed by atoms with van der Waals surface area (Å²) in [6.07, 6.45) is 4.27. The Morgan fingerprint density at radius 3 is 2.69 bits per heavy atom. The van der Waals surface area contributed by atoms with E-state index in [0.29, 0.717) is 0 Å². The highest BCUT2D eigenvalue weighted by atomic mass is 15.3. The molecule has 3 aliphatic rings. The summed E-state index contributed by atoms with van der Waals surface area (Å²) in [4.78, 5) is 6.68. The maximum atomic E-state index is 4.45. The van der Waals surface area contributed by atoms with Gasteiger partial charge in [-0.1, -0.05) is 0 Å². The van der Waals surface area contributed by atoms with Crippen LogP contribution in [0.4, 0.5) is 0 Å². The molecule has 0 spiro atoms. The van der Waals surface area contributed by atoms with Crippen molar-refractivity contribution in [2.45, 2.75) is 25.3 Å². The van der Waals surface area contributed by atoms with Gasteiger partial charge in [-0.2, -0.15) is 0 Å². The van der Waals surface area contributed by atoms with Gasteiger partial charge in [-0.05, 0) is 31.1 Å². The molecule has 3 nitrogen and oxygen atoms in total. The quantitative estimate of drug-likeness (QED) is 0.641. The lowest BCUT2D eigenvalue weighted by atomic mass is 10.2. The number of rotatable bonds is 1. The van der Waals surface area contributed by atoms with Crippen LogP contribution in [-0.4, -0.2) is 37.0 Å². The minimum Gasteiger partial charge on any atom is -0.353 e. The van der Waals surface area contributed by atoms with E-state index in [1.54, 1.807) is 0 Å². The van der Waals surface area contributed by atoms with E-state index in [1.807, 2.05) is 0 Å². The SMILES string of the molecule is CN1CCN=C1NC1CC2CC2C1. The van der Waals surface area contributed by atoms with Crippen LogP contribution in [0, 0.1) is 11.8 Å². The summed E-state index contributed by atoms with van der Waals surface area (Å²) in [6, 6.07) is 0.725. The average molecular weight is 179 g/mol. The summed E-state index contributed by atoms with van der Waals surface area (Å²) in [6.45, 7) is 2.06. The van der Waals surface area contributed by atoms with Crippen LogP contribution in [0.25, 0.3) is 0 Å². The van der Waals surface area contributed by atoms with Crippen molar-refractivity contribution in [1.82, 2.24) is 10.2 Å². The first-order chi connectivity index (χ1) is 6.33. The van der Waals surface area contributed by atoms with Crippen LogP contribution in [0.3, 0.4) is 0 Å². The van der Waals surface area contributed by atoms with Crippen LogP contribution in [-0.2, 0) is 0 Å². The van der Waals surface area contributed by atoms with Gasteiger partial charge in [0, 0.05) is 19.6 Å². The third-order valence-electron chi connectivity index (χ3n) is 3.64. The Bertz CT molecular complexity index is 239. The predicted octanol–water partition coefficient (Wildman–Crippen LogP) is 0.676. The number of hydrogen-bond acceptors (Lipinski definition) is 3. The molecule has 2 saturated carbocycles. The van der Waals surface area contributed by atoms with Crippen LogP contribution < -0.4 is 5.32 Å². The normalized spacial score (nSPS) is 41.8. The largest absolute Gasteiger partial charge is 0.353 e. The molecular weight excluding hydrogens is 162 g/mol. The lowest BCUT2D eigenvalue weighted by molar-refractivity contribution is 0.491. The number of guanidine groups is 1. The lowest BCUT2D eigenvalue weighted by Gasteiger charge is -2.20. The monoisotopic (exact) mass is 179 g/mol. The molecule has 0 aromatic carbocycles. The van der Waals surface area contributed by atoms with E-state index < -0.39 is 0 Å². The minimum atomic E-state index is 0.725. The van der Waals surface area contributed by atoms with Crippen molar-refractivity contribution in [2.24, 2.45) is 16.8 Å². The molecule has 1 heterocycles. The van der Waals surface area contributed by atoms with Gasteiger partial charge < -0.3 is 10.2 Å². The second-order valence-electron chi connectivity index (χ2n) is 4.70. The number of likely N-dealkylation sites (N-methyl/N-ethyl adjacent to an activating group) is 1. The summed E-state index contributed by atoms with van der Waals surface area (Å²) in [5.41, 5.74) is 0. The van der Waals surface area contributed by atoms with E-state index in [4.69, 9.17) is 0 Å². The van der Waals surface area contributed by atoms with Gasteiger partial charge >= 0.3 is 0 Å². The van der Waals surface area contributed by atoms with E-state index in [-0.39, 0.29) is 0 Å². The van der Waals surface area contributed by atoms with Crippen molar-refractivity contribution < 1.29 is 0 Å². The second kappa shape index (κ2) is 2.63. The molecule has 13 heavy (non-hydrogen) atoms. The minimum absolute atomic E-state index is 0.725. The Kier molecular flexibility index (Phi) is 1.55. The predicted molar refractivity (Wildman–Crippen MR) is 52.7 cm³/mol. The maximum absolute atomic E-state index is 4.45. The summed E-state index contributed by atoms with van der Waals surface area (Å²) in [5.74, 6) is 3.25. The van der Waals surface area contributed by atoms with Gasteiger partial charge in [-0.25, -0.2) is 0 Å². The Labute approximate surface area is 79.2 Å². The standard InChI is InChI=1S/C10H17N3/c1-13-3-2-11-10(13)12-9-5-7-4-8(7)6-9/h7-9H,2-6H2,1H3,(H,11,12). The molecule has 0 aromatic rings. The Balaban J connectivity index is 1.57. The molecule has 2 fully saturated rings. The molecule has 0 bridgehead atoms. The first kappa shape index (κ1) is 7.65. The zero-order valence-electron chi connectivity index (χ0n) is 8.16. The smallest absolute Gasteiger partial charge is 0.194 e. The van der Waals surface area contributed by atoms with Crippen molar-refractivity contribution in [3.05, 3.63) is 0 Å². The number of hydrogen-bond donors (Lipinski definition) is 1. The molecule has 2 unspecified atom stereocenters. The van der Waals surface area contributed by atoms with E-state index in [0.717, 1.165) is 36.9 Å². The lowest BCUT2D eigenvalue weighted by Crippen LogP contribution is -2.41. The fraction of sp³-hybridized carbons (Fsp3) is 0.900. The Morgan fingerprint density at radius 2 is 2.08 bits per heavy atom. The summed E-state index contributed by atoms with van der Waals surface area (Å²) in [7, 11) is 2.12. The zero-order chi connectivity index (χ0) is 8.84. The summed E-state index contributed by atoms with van der Waals surface area (Å²) in [5, 5.41) is 3.56. The number of nitrogens with one attached hydrogen (secondary N) is 1. The second-order valence-corrected chi connectivity index (χ2v) is 4.70. The third kappa shape index (κ3) is 1.30. The Hall–Kier alpha value is -0.730. The molecule has 0 amide bonds. The van der Waals surface area contributed by atoms with Crippen LogP contribution in [0.1, 0.15) is 19.3 Å². The number of fused-ring (bicyclic) bond motifs is 1. The number of aliphatic imine (C=N–C) groups is 1. The van der Waals surface area contributed by atoms with Gasteiger partial charge in [0.2, 0.25) is 0 Å². The molecule has 0 aromatic heterocycles. The Morgan fingerprint density at radius 1 is 1.31 bits per heavy atom. The van der Waals surface area contributed by atoms with E-state index in [9.17, 15) is 0 Å². The highest BCUT2D eigenvalue weighted by Crippen LogP contribution is 2.51. The molecule has 72 valence electrons. The summed E-state index contributed by atoms with van der Waals surface area (Å²) >= 11 is 0. The maximum Gasteiger partial charge on any atom is 0.194 e. The van der Waals surface area contributed by atoms with Crippen LogP contribution in [0.2, 0.25) is 0 Å². The van der Waals surface area contributed by atoms with Crippen LogP contribution in [0.15, 0.2) is 4.99 Å². The molecule has 3 rings (SSSR count). The van der Waals surface area contributed by atoms with Gasteiger partial charge in [-0.15, -0.1) is 0 Å². The fourth-order valence-corrected chi connectivity index (χ4v) is 2.70. The first-order valence-electron chi connectivity index (χ1n) is 5.35. The molecule has 2 aliphatic carbocycles. The van der Waals surface area contributed by atoms with E-state index >= 15 is 0 Å².